The van der Waals surface area contributed by atoms with Gasteiger partial charge in [0, 0.05) is 23.5 Å². The summed E-state index contributed by atoms with van der Waals surface area (Å²) in [4.78, 5) is 7.75. The maximum absolute atomic E-state index is 5.88. The molecule has 0 amide bonds. The molecule has 0 atom stereocenters. The molecule has 0 aliphatic carbocycles. The predicted octanol–water partition coefficient (Wildman–Crippen LogP) is 3.66. The fraction of sp³-hybridized carbons (Fsp3) is 0.400. The highest BCUT2D eigenvalue weighted by molar-refractivity contribution is 6.30. The van der Waals surface area contributed by atoms with Crippen molar-refractivity contribution >= 4 is 11.6 Å². The molecule has 0 radical (unpaired) electrons. The Labute approximate surface area is 119 Å². The highest BCUT2D eigenvalue weighted by Gasteiger charge is 2.09. The van der Waals surface area contributed by atoms with Crippen LogP contribution in [0.3, 0.4) is 0 Å². The first-order valence-electron chi connectivity index (χ1n) is 6.49. The number of hydrogen-bond acceptors (Lipinski definition) is 2. The van der Waals surface area contributed by atoms with Gasteiger partial charge in [0.15, 0.2) is 0 Å². The van der Waals surface area contributed by atoms with E-state index in [2.05, 4.69) is 36.1 Å². The van der Waals surface area contributed by atoms with E-state index in [0.29, 0.717) is 0 Å². The van der Waals surface area contributed by atoms with Crippen molar-refractivity contribution in [3.05, 3.63) is 41.3 Å². The van der Waals surface area contributed by atoms with Crippen molar-refractivity contribution in [2.45, 2.75) is 32.7 Å². The van der Waals surface area contributed by atoms with Crippen molar-refractivity contribution in [1.82, 2.24) is 15.3 Å². The van der Waals surface area contributed by atoms with Crippen molar-refractivity contribution in [3.8, 4) is 11.3 Å². The third-order valence-electron chi connectivity index (χ3n) is 2.80. The van der Waals surface area contributed by atoms with Crippen LogP contribution in [0, 0.1) is 0 Å². The van der Waals surface area contributed by atoms with Crippen LogP contribution in [0.2, 0.25) is 5.02 Å². The fourth-order valence-electron chi connectivity index (χ4n) is 1.82. The standard InChI is InChI=1S/C15H20ClN3/c1-15(2,3)18-9-8-14-17-10-13(19-14)11-4-6-12(16)7-5-11/h4-7,10,18H,8-9H2,1-3H3,(H,17,19). The number of aromatic amines is 1. The van der Waals surface area contributed by atoms with Crippen LogP contribution in [0.1, 0.15) is 26.6 Å². The fourth-order valence-corrected chi connectivity index (χ4v) is 1.95. The van der Waals surface area contributed by atoms with Crippen LogP contribution in [0.15, 0.2) is 30.5 Å². The number of aromatic nitrogens is 2. The van der Waals surface area contributed by atoms with E-state index in [9.17, 15) is 0 Å². The summed E-state index contributed by atoms with van der Waals surface area (Å²) in [6.07, 6.45) is 2.76. The zero-order chi connectivity index (χ0) is 13.9. The molecule has 1 aromatic carbocycles. The molecule has 2 N–H and O–H groups in total. The van der Waals surface area contributed by atoms with Crippen LogP contribution in [0.25, 0.3) is 11.3 Å². The van der Waals surface area contributed by atoms with Crippen molar-refractivity contribution in [1.29, 1.82) is 0 Å². The molecule has 2 aromatic rings. The average molecular weight is 278 g/mol. The Balaban J connectivity index is 1.97. The first-order chi connectivity index (χ1) is 8.94. The predicted molar refractivity (Wildman–Crippen MR) is 80.5 cm³/mol. The molecule has 2 rings (SSSR count). The van der Waals surface area contributed by atoms with Crippen LogP contribution in [-0.4, -0.2) is 22.1 Å². The van der Waals surface area contributed by atoms with Gasteiger partial charge in [-0.3, -0.25) is 0 Å². The maximum Gasteiger partial charge on any atom is 0.107 e. The Morgan fingerprint density at radius 3 is 2.53 bits per heavy atom. The highest BCUT2D eigenvalue weighted by Crippen LogP contribution is 2.19. The van der Waals surface area contributed by atoms with Gasteiger partial charge in [-0.1, -0.05) is 23.7 Å². The van der Waals surface area contributed by atoms with E-state index in [1.807, 2.05) is 30.5 Å². The SMILES string of the molecule is CC(C)(C)NCCc1ncc(-c2ccc(Cl)cc2)[nH]1. The lowest BCUT2D eigenvalue weighted by Gasteiger charge is -2.19. The van der Waals surface area contributed by atoms with Gasteiger partial charge in [0.25, 0.3) is 0 Å². The Morgan fingerprint density at radius 2 is 1.89 bits per heavy atom. The monoisotopic (exact) mass is 277 g/mol. The summed E-state index contributed by atoms with van der Waals surface area (Å²) >= 11 is 5.88. The number of halogens is 1. The summed E-state index contributed by atoms with van der Waals surface area (Å²) in [5.41, 5.74) is 2.28. The molecule has 0 fully saturated rings. The van der Waals surface area contributed by atoms with Gasteiger partial charge in [0.1, 0.15) is 5.82 Å². The molecule has 0 saturated heterocycles. The van der Waals surface area contributed by atoms with Gasteiger partial charge < -0.3 is 10.3 Å². The number of H-pyrrole nitrogens is 1. The molecule has 0 saturated carbocycles. The third-order valence-corrected chi connectivity index (χ3v) is 3.05. The Morgan fingerprint density at radius 1 is 1.21 bits per heavy atom. The van der Waals surface area contributed by atoms with Gasteiger partial charge in [-0.15, -0.1) is 0 Å². The van der Waals surface area contributed by atoms with Gasteiger partial charge in [-0.2, -0.15) is 0 Å². The lowest BCUT2D eigenvalue weighted by atomic mass is 10.1. The van der Waals surface area contributed by atoms with Crippen LogP contribution < -0.4 is 5.32 Å². The summed E-state index contributed by atoms with van der Waals surface area (Å²) in [6, 6.07) is 7.76. The number of benzene rings is 1. The van der Waals surface area contributed by atoms with Gasteiger partial charge in [-0.05, 0) is 38.5 Å². The second-order valence-corrected chi connectivity index (χ2v) is 6.11. The molecule has 0 unspecified atom stereocenters. The van der Waals surface area contributed by atoms with Gasteiger partial charge in [0.05, 0.1) is 11.9 Å². The second kappa shape index (κ2) is 5.76. The lowest BCUT2D eigenvalue weighted by molar-refractivity contribution is 0.427. The first kappa shape index (κ1) is 14.1. The topological polar surface area (TPSA) is 40.7 Å². The number of nitrogens with zero attached hydrogens (tertiary/aromatic N) is 1. The van der Waals surface area contributed by atoms with Crippen molar-refractivity contribution in [3.63, 3.8) is 0 Å². The molecule has 1 heterocycles. The number of hydrogen-bond donors (Lipinski definition) is 2. The van der Waals surface area contributed by atoms with Crippen LogP contribution in [0.4, 0.5) is 0 Å². The van der Waals surface area contributed by atoms with E-state index in [1.165, 1.54) is 0 Å². The summed E-state index contributed by atoms with van der Waals surface area (Å²) < 4.78 is 0. The maximum atomic E-state index is 5.88. The molecular formula is C15H20ClN3. The summed E-state index contributed by atoms with van der Waals surface area (Å²) in [5.74, 6) is 1.00. The van der Waals surface area contributed by atoms with E-state index < -0.39 is 0 Å². The van der Waals surface area contributed by atoms with Gasteiger partial charge in [0.2, 0.25) is 0 Å². The van der Waals surface area contributed by atoms with Crippen LogP contribution in [-0.2, 0) is 6.42 Å². The minimum atomic E-state index is 0.144. The second-order valence-electron chi connectivity index (χ2n) is 5.68. The Kier molecular flexibility index (Phi) is 4.27. The molecule has 0 bridgehead atoms. The molecular weight excluding hydrogens is 258 g/mol. The Hall–Kier alpha value is -1.32. The molecule has 0 aliphatic rings. The molecule has 4 heteroatoms. The zero-order valence-electron chi connectivity index (χ0n) is 11.6. The highest BCUT2D eigenvalue weighted by atomic mass is 35.5. The average Bonchev–Trinajstić information content (AvgIpc) is 2.77. The van der Waals surface area contributed by atoms with Gasteiger partial charge >= 0.3 is 0 Å². The minimum absolute atomic E-state index is 0.144. The summed E-state index contributed by atoms with van der Waals surface area (Å²) in [7, 11) is 0. The molecule has 0 aliphatic heterocycles. The number of imidazole rings is 1. The quantitative estimate of drug-likeness (QED) is 0.895. The van der Waals surface area contributed by atoms with Crippen LogP contribution in [0.5, 0.6) is 0 Å². The molecule has 19 heavy (non-hydrogen) atoms. The first-order valence-corrected chi connectivity index (χ1v) is 6.87. The minimum Gasteiger partial charge on any atom is -0.342 e. The molecule has 0 spiro atoms. The van der Waals surface area contributed by atoms with Crippen molar-refractivity contribution in [2.24, 2.45) is 0 Å². The van der Waals surface area contributed by atoms with Crippen molar-refractivity contribution in [2.75, 3.05) is 6.54 Å². The van der Waals surface area contributed by atoms with E-state index >= 15 is 0 Å². The Bertz CT molecular complexity index is 523. The lowest BCUT2D eigenvalue weighted by Crippen LogP contribution is -2.37. The number of nitrogens with one attached hydrogen (secondary N) is 2. The van der Waals surface area contributed by atoms with E-state index in [0.717, 1.165) is 35.1 Å². The van der Waals surface area contributed by atoms with Gasteiger partial charge in [-0.25, -0.2) is 4.98 Å². The molecule has 1 aromatic heterocycles. The summed E-state index contributed by atoms with van der Waals surface area (Å²) in [5, 5.41) is 4.20. The van der Waals surface area contributed by atoms with E-state index in [-0.39, 0.29) is 5.54 Å². The molecule has 3 nitrogen and oxygen atoms in total. The largest absolute Gasteiger partial charge is 0.342 e. The van der Waals surface area contributed by atoms with Crippen molar-refractivity contribution < 1.29 is 0 Å². The molecule has 102 valence electrons. The van der Waals surface area contributed by atoms with Crippen LogP contribution >= 0.6 is 11.6 Å². The third kappa shape index (κ3) is 4.37. The smallest absolute Gasteiger partial charge is 0.107 e. The van der Waals surface area contributed by atoms with E-state index in [4.69, 9.17) is 11.6 Å². The van der Waals surface area contributed by atoms with E-state index in [1.54, 1.807) is 0 Å². The zero-order valence-corrected chi connectivity index (χ0v) is 12.4. The number of rotatable bonds is 4. The normalized spacial score (nSPS) is 11.8. The summed E-state index contributed by atoms with van der Waals surface area (Å²) in [6.45, 7) is 7.40.